The molecule has 1 atom stereocenters. The second kappa shape index (κ2) is 6.40. The van der Waals surface area contributed by atoms with Crippen molar-refractivity contribution in [3.05, 3.63) is 36.8 Å². The molecular formula is C17H22N6O2S. The number of anilines is 1. The molecule has 9 heteroatoms. The summed E-state index contributed by atoms with van der Waals surface area (Å²) >= 11 is 0. The Balaban J connectivity index is 1.62. The summed E-state index contributed by atoms with van der Waals surface area (Å²) in [5.41, 5.74) is 1.25. The van der Waals surface area contributed by atoms with E-state index in [0.717, 1.165) is 36.8 Å². The first-order chi connectivity index (χ1) is 12.4. The van der Waals surface area contributed by atoms with Gasteiger partial charge in [-0.3, -0.25) is 14.1 Å². The van der Waals surface area contributed by atoms with Crippen LogP contribution in [0.5, 0.6) is 0 Å². The van der Waals surface area contributed by atoms with E-state index in [4.69, 9.17) is 0 Å². The SMILES string of the molecule is CN1CCC[C@@H](n2cc(S(=O)(=O)Nc3cccc4cnn(C)c34)cn2)C1. The number of hydrogen-bond acceptors (Lipinski definition) is 5. The van der Waals surface area contributed by atoms with Gasteiger partial charge in [0.1, 0.15) is 4.90 Å². The normalized spacial score (nSPS) is 19.1. The minimum atomic E-state index is -3.72. The lowest BCUT2D eigenvalue weighted by Crippen LogP contribution is -2.33. The quantitative estimate of drug-likeness (QED) is 0.753. The number of nitrogens with zero attached hydrogens (tertiary/aromatic N) is 5. The summed E-state index contributed by atoms with van der Waals surface area (Å²) in [6.07, 6.45) is 6.84. The molecule has 26 heavy (non-hydrogen) atoms. The van der Waals surface area contributed by atoms with E-state index < -0.39 is 10.0 Å². The number of benzene rings is 1. The number of fused-ring (bicyclic) bond motifs is 1. The highest BCUT2D eigenvalue weighted by molar-refractivity contribution is 7.92. The van der Waals surface area contributed by atoms with Crippen LogP contribution in [0, 0.1) is 0 Å². The molecule has 3 heterocycles. The highest BCUT2D eigenvalue weighted by atomic mass is 32.2. The van der Waals surface area contributed by atoms with Crippen molar-refractivity contribution in [1.82, 2.24) is 24.5 Å². The van der Waals surface area contributed by atoms with E-state index >= 15 is 0 Å². The van der Waals surface area contributed by atoms with E-state index in [0.29, 0.717) is 5.69 Å². The molecule has 4 rings (SSSR count). The third-order valence-electron chi connectivity index (χ3n) is 4.87. The molecule has 138 valence electrons. The molecule has 1 N–H and O–H groups in total. The molecule has 8 nitrogen and oxygen atoms in total. The predicted molar refractivity (Wildman–Crippen MR) is 99.5 cm³/mol. The van der Waals surface area contributed by atoms with Crippen LogP contribution in [0.1, 0.15) is 18.9 Å². The molecule has 1 saturated heterocycles. The van der Waals surface area contributed by atoms with Crippen molar-refractivity contribution in [2.45, 2.75) is 23.8 Å². The van der Waals surface area contributed by atoms with Gasteiger partial charge >= 0.3 is 0 Å². The Morgan fingerprint density at radius 1 is 1.19 bits per heavy atom. The Hall–Kier alpha value is -2.39. The van der Waals surface area contributed by atoms with E-state index in [1.54, 1.807) is 34.9 Å². The third kappa shape index (κ3) is 3.08. The Morgan fingerprint density at radius 2 is 2.04 bits per heavy atom. The lowest BCUT2D eigenvalue weighted by atomic mass is 10.1. The monoisotopic (exact) mass is 374 g/mol. The van der Waals surface area contributed by atoms with Crippen LogP contribution in [0.25, 0.3) is 10.9 Å². The van der Waals surface area contributed by atoms with Crippen molar-refractivity contribution in [1.29, 1.82) is 0 Å². The Kier molecular flexibility index (Phi) is 4.20. The van der Waals surface area contributed by atoms with E-state index in [2.05, 4.69) is 26.9 Å². The second-order valence-electron chi connectivity index (χ2n) is 6.83. The summed E-state index contributed by atoms with van der Waals surface area (Å²) < 4.78 is 31.8. The van der Waals surface area contributed by atoms with Crippen molar-refractivity contribution in [3.63, 3.8) is 0 Å². The van der Waals surface area contributed by atoms with Crippen LogP contribution in [0.2, 0.25) is 0 Å². The molecule has 1 aromatic carbocycles. The molecule has 1 aliphatic heterocycles. The largest absolute Gasteiger partial charge is 0.304 e. The summed E-state index contributed by atoms with van der Waals surface area (Å²) in [7, 11) is 0.143. The fourth-order valence-electron chi connectivity index (χ4n) is 3.53. The molecule has 1 fully saturated rings. The summed E-state index contributed by atoms with van der Waals surface area (Å²) in [5.74, 6) is 0. The number of sulfonamides is 1. The average Bonchev–Trinajstić information content (AvgIpc) is 3.23. The van der Waals surface area contributed by atoms with Crippen LogP contribution in [-0.4, -0.2) is 53.0 Å². The van der Waals surface area contributed by atoms with Crippen molar-refractivity contribution in [3.8, 4) is 0 Å². The smallest absolute Gasteiger partial charge is 0.265 e. The van der Waals surface area contributed by atoms with Gasteiger partial charge in [-0.05, 0) is 32.5 Å². The maximum absolute atomic E-state index is 12.8. The van der Waals surface area contributed by atoms with Crippen LogP contribution >= 0.6 is 0 Å². The number of likely N-dealkylation sites (N-methyl/N-ethyl adjacent to an activating group) is 1. The Morgan fingerprint density at radius 3 is 2.85 bits per heavy atom. The first kappa shape index (κ1) is 17.0. The number of hydrogen-bond donors (Lipinski definition) is 1. The van der Waals surface area contributed by atoms with Crippen molar-refractivity contribution in [2.75, 3.05) is 24.9 Å². The van der Waals surface area contributed by atoms with Gasteiger partial charge < -0.3 is 4.90 Å². The van der Waals surface area contributed by atoms with Crippen LogP contribution in [0.3, 0.4) is 0 Å². The zero-order valence-corrected chi connectivity index (χ0v) is 15.6. The molecule has 0 bridgehead atoms. The maximum atomic E-state index is 12.8. The number of aryl methyl sites for hydroxylation is 1. The highest BCUT2D eigenvalue weighted by Gasteiger charge is 2.23. The van der Waals surface area contributed by atoms with Crippen LogP contribution in [0.15, 0.2) is 41.7 Å². The number of likely N-dealkylation sites (tertiary alicyclic amines) is 1. The maximum Gasteiger partial charge on any atom is 0.265 e. The Labute approximate surface area is 152 Å². The number of nitrogens with one attached hydrogen (secondary N) is 1. The van der Waals surface area contributed by atoms with Gasteiger partial charge in [-0.1, -0.05) is 12.1 Å². The van der Waals surface area contributed by atoms with E-state index in [-0.39, 0.29) is 10.9 Å². The van der Waals surface area contributed by atoms with E-state index in [1.165, 1.54) is 6.20 Å². The van der Waals surface area contributed by atoms with Gasteiger partial charge in [-0.2, -0.15) is 10.2 Å². The second-order valence-corrected chi connectivity index (χ2v) is 8.51. The first-order valence-electron chi connectivity index (χ1n) is 8.60. The van der Waals surface area contributed by atoms with Gasteiger partial charge in [0.2, 0.25) is 0 Å². The molecule has 0 aliphatic carbocycles. The lowest BCUT2D eigenvalue weighted by Gasteiger charge is -2.29. The van der Waals surface area contributed by atoms with Gasteiger partial charge in [-0.15, -0.1) is 0 Å². The van der Waals surface area contributed by atoms with Gasteiger partial charge in [0.05, 0.1) is 29.6 Å². The molecule has 0 unspecified atom stereocenters. The topological polar surface area (TPSA) is 85.0 Å². The van der Waals surface area contributed by atoms with Crippen LogP contribution in [0.4, 0.5) is 5.69 Å². The molecular weight excluding hydrogens is 352 g/mol. The van der Waals surface area contributed by atoms with Gasteiger partial charge in [0, 0.05) is 25.2 Å². The van der Waals surface area contributed by atoms with Crippen molar-refractivity contribution in [2.24, 2.45) is 7.05 Å². The van der Waals surface area contributed by atoms with E-state index in [1.807, 2.05) is 12.1 Å². The molecule has 3 aromatic rings. The molecule has 1 aliphatic rings. The van der Waals surface area contributed by atoms with Crippen LogP contribution in [-0.2, 0) is 17.1 Å². The summed E-state index contributed by atoms with van der Waals surface area (Å²) in [5, 5.41) is 9.38. The fourth-order valence-corrected chi connectivity index (χ4v) is 4.54. The standard InChI is InChI=1S/C17H22N6O2S/c1-21-8-4-6-14(11-21)23-12-15(10-19-23)26(24,25)20-16-7-3-5-13-9-18-22(2)17(13)16/h3,5,7,9-10,12,14,20H,4,6,8,11H2,1-2H3/t14-/m1/s1. The first-order valence-corrected chi connectivity index (χ1v) is 10.1. The summed E-state index contributed by atoms with van der Waals surface area (Å²) in [6.45, 7) is 1.95. The minimum Gasteiger partial charge on any atom is -0.304 e. The molecule has 0 radical (unpaired) electrons. The number of para-hydroxylation sites is 1. The summed E-state index contributed by atoms with van der Waals surface area (Å²) in [4.78, 5) is 2.41. The van der Waals surface area contributed by atoms with Crippen molar-refractivity contribution < 1.29 is 8.42 Å². The molecule has 0 spiro atoms. The number of piperidine rings is 1. The number of aromatic nitrogens is 4. The molecule has 2 aromatic heterocycles. The van der Waals surface area contributed by atoms with E-state index in [9.17, 15) is 8.42 Å². The molecule has 0 amide bonds. The molecule has 0 saturated carbocycles. The number of rotatable bonds is 4. The Bertz CT molecular complexity index is 1040. The van der Waals surface area contributed by atoms with Gasteiger partial charge in [0.25, 0.3) is 10.0 Å². The third-order valence-corrected chi connectivity index (χ3v) is 6.19. The zero-order valence-electron chi connectivity index (χ0n) is 14.8. The highest BCUT2D eigenvalue weighted by Crippen LogP contribution is 2.26. The van der Waals surface area contributed by atoms with Gasteiger partial charge in [0.15, 0.2) is 0 Å². The summed E-state index contributed by atoms with van der Waals surface area (Å²) in [6, 6.07) is 5.65. The fraction of sp³-hybridized carbons (Fsp3) is 0.412. The average molecular weight is 374 g/mol. The van der Waals surface area contributed by atoms with Crippen LogP contribution < -0.4 is 4.72 Å². The van der Waals surface area contributed by atoms with Gasteiger partial charge in [-0.25, -0.2) is 8.42 Å². The van der Waals surface area contributed by atoms with Crippen molar-refractivity contribution >= 4 is 26.6 Å². The zero-order chi connectivity index (χ0) is 18.3. The minimum absolute atomic E-state index is 0.171. The predicted octanol–water partition coefficient (Wildman–Crippen LogP) is 1.84. The lowest BCUT2D eigenvalue weighted by molar-refractivity contribution is 0.202.